The molecule has 0 aromatic heterocycles. The number of halogens is 1. The van der Waals surface area contributed by atoms with Crippen LogP contribution in [0.3, 0.4) is 0 Å². The first-order valence-corrected chi connectivity index (χ1v) is 5.69. The van der Waals surface area contributed by atoms with Crippen molar-refractivity contribution in [1.29, 1.82) is 0 Å². The van der Waals surface area contributed by atoms with Crippen molar-refractivity contribution < 1.29 is 9.90 Å². The number of nitrogen functional groups attached to an aromatic ring is 1. The number of nitrogens with zero attached hydrogens (tertiary/aromatic N) is 1. The summed E-state index contributed by atoms with van der Waals surface area (Å²) in [6.45, 7) is 1.93. The van der Waals surface area contributed by atoms with Gasteiger partial charge >= 0.3 is 0 Å². The van der Waals surface area contributed by atoms with Crippen LogP contribution in [0.1, 0.15) is 17.3 Å². The molecule has 0 saturated carbocycles. The molecule has 1 unspecified atom stereocenters. The van der Waals surface area contributed by atoms with Crippen molar-refractivity contribution in [3.63, 3.8) is 0 Å². The minimum absolute atomic E-state index is 0.158. The van der Waals surface area contributed by atoms with Crippen molar-refractivity contribution >= 4 is 27.5 Å². The lowest BCUT2D eigenvalue weighted by Gasteiger charge is -2.19. The smallest absolute Gasteiger partial charge is 0.253 e. The summed E-state index contributed by atoms with van der Waals surface area (Å²) in [6.07, 6.45) is -0.543. The van der Waals surface area contributed by atoms with Crippen molar-refractivity contribution in [2.45, 2.75) is 13.0 Å². The Balaban J connectivity index is 2.87. The quantitative estimate of drug-likeness (QED) is 0.828. The molecular formula is C11H15BrN2O2. The van der Waals surface area contributed by atoms with Crippen molar-refractivity contribution in [3.05, 3.63) is 28.2 Å². The van der Waals surface area contributed by atoms with Gasteiger partial charge in [-0.2, -0.15) is 0 Å². The molecule has 0 spiro atoms. The van der Waals surface area contributed by atoms with Gasteiger partial charge in [-0.1, -0.05) is 15.9 Å². The molecule has 0 aliphatic rings. The fourth-order valence-electron chi connectivity index (χ4n) is 1.44. The first-order valence-electron chi connectivity index (χ1n) is 4.89. The number of aliphatic hydroxyl groups excluding tert-OH is 1. The van der Waals surface area contributed by atoms with Crippen LogP contribution in [-0.4, -0.2) is 35.6 Å². The highest BCUT2D eigenvalue weighted by molar-refractivity contribution is 9.10. The third-order valence-electron chi connectivity index (χ3n) is 2.05. The van der Waals surface area contributed by atoms with Gasteiger partial charge in [0.2, 0.25) is 0 Å². The molecule has 4 nitrogen and oxygen atoms in total. The summed E-state index contributed by atoms with van der Waals surface area (Å²) >= 11 is 3.28. The third kappa shape index (κ3) is 3.50. The molecule has 0 aliphatic carbocycles. The number of carbonyl (C=O) groups excluding carboxylic acids is 1. The van der Waals surface area contributed by atoms with E-state index in [0.717, 1.165) is 4.47 Å². The predicted octanol–water partition coefficient (Wildman–Crippen LogP) is 1.48. The van der Waals surface area contributed by atoms with Gasteiger partial charge in [-0.25, -0.2) is 0 Å². The van der Waals surface area contributed by atoms with Gasteiger partial charge < -0.3 is 15.7 Å². The lowest BCUT2D eigenvalue weighted by molar-refractivity contribution is 0.0703. The molecule has 1 aromatic carbocycles. The average molecular weight is 287 g/mol. The van der Waals surface area contributed by atoms with Gasteiger partial charge in [-0.3, -0.25) is 4.79 Å². The maximum absolute atomic E-state index is 11.9. The number of amides is 1. The second kappa shape index (κ2) is 5.32. The highest BCUT2D eigenvalue weighted by Crippen LogP contribution is 2.18. The summed E-state index contributed by atoms with van der Waals surface area (Å²) < 4.78 is 0.765. The Morgan fingerprint density at radius 3 is 2.69 bits per heavy atom. The molecule has 1 aromatic rings. The van der Waals surface area contributed by atoms with Crippen LogP contribution >= 0.6 is 15.9 Å². The maximum atomic E-state index is 11.9. The molecule has 88 valence electrons. The fraction of sp³-hybridized carbons (Fsp3) is 0.364. The van der Waals surface area contributed by atoms with E-state index in [1.165, 1.54) is 4.90 Å². The Hall–Kier alpha value is -1.07. The Morgan fingerprint density at radius 1 is 1.56 bits per heavy atom. The number of rotatable bonds is 3. The van der Waals surface area contributed by atoms with Crippen molar-refractivity contribution in [1.82, 2.24) is 4.90 Å². The molecule has 1 atom stereocenters. The van der Waals surface area contributed by atoms with Crippen LogP contribution in [0.5, 0.6) is 0 Å². The van der Waals surface area contributed by atoms with Gasteiger partial charge in [0.1, 0.15) is 0 Å². The van der Waals surface area contributed by atoms with Gasteiger partial charge in [0, 0.05) is 29.3 Å². The summed E-state index contributed by atoms with van der Waals surface area (Å²) in [4.78, 5) is 13.4. The zero-order chi connectivity index (χ0) is 12.3. The number of anilines is 1. The second-order valence-corrected chi connectivity index (χ2v) is 4.72. The number of aliphatic hydroxyl groups is 1. The summed E-state index contributed by atoms with van der Waals surface area (Å²) in [6, 6.07) is 5.05. The first-order chi connectivity index (χ1) is 7.40. The van der Waals surface area contributed by atoms with E-state index in [0.29, 0.717) is 17.8 Å². The zero-order valence-corrected chi connectivity index (χ0v) is 10.9. The number of likely N-dealkylation sites (N-methyl/N-ethyl adjacent to an activating group) is 1. The molecule has 3 N–H and O–H groups in total. The Kier molecular flexibility index (Phi) is 4.32. The minimum atomic E-state index is -0.543. The highest BCUT2D eigenvalue weighted by Gasteiger charge is 2.14. The Bertz CT molecular complexity index is 373. The van der Waals surface area contributed by atoms with E-state index in [1.807, 2.05) is 0 Å². The summed E-state index contributed by atoms with van der Waals surface area (Å²) in [5.41, 5.74) is 6.69. The van der Waals surface area contributed by atoms with E-state index in [9.17, 15) is 9.90 Å². The highest BCUT2D eigenvalue weighted by atomic mass is 79.9. The van der Waals surface area contributed by atoms with Crippen LogP contribution in [0.2, 0.25) is 0 Å². The minimum Gasteiger partial charge on any atom is -0.399 e. The van der Waals surface area contributed by atoms with Gasteiger partial charge in [0.25, 0.3) is 5.91 Å². The van der Waals surface area contributed by atoms with E-state index in [-0.39, 0.29) is 5.91 Å². The molecule has 16 heavy (non-hydrogen) atoms. The molecule has 0 bridgehead atoms. The number of nitrogens with two attached hydrogens (primary N) is 1. The van der Waals surface area contributed by atoms with Crippen LogP contribution in [-0.2, 0) is 0 Å². The van der Waals surface area contributed by atoms with E-state index < -0.39 is 6.10 Å². The fourth-order valence-corrected chi connectivity index (χ4v) is 1.95. The lowest BCUT2D eigenvalue weighted by Crippen LogP contribution is -2.33. The molecule has 0 radical (unpaired) electrons. The predicted molar refractivity (Wildman–Crippen MR) is 67.2 cm³/mol. The monoisotopic (exact) mass is 286 g/mol. The number of benzene rings is 1. The van der Waals surface area contributed by atoms with E-state index in [2.05, 4.69) is 15.9 Å². The van der Waals surface area contributed by atoms with Crippen LogP contribution in [0.25, 0.3) is 0 Å². The van der Waals surface area contributed by atoms with Gasteiger partial charge in [0.15, 0.2) is 0 Å². The lowest BCUT2D eigenvalue weighted by atomic mass is 10.2. The van der Waals surface area contributed by atoms with Crippen LogP contribution in [0, 0.1) is 0 Å². The van der Waals surface area contributed by atoms with Gasteiger partial charge in [-0.15, -0.1) is 0 Å². The van der Waals surface area contributed by atoms with Crippen LogP contribution in [0.4, 0.5) is 5.69 Å². The van der Waals surface area contributed by atoms with Crippen molar-refractivity contribution in [3.8, 4) is 0 Å². The second-order valence-electron chi connectivity index (χ2n) is 3.81. The molecular weight excluding hydrogens is 272 g/mol. The largest absolute Gasteiger partial charge is 0.399 e. The SMILES string of the molecule is CC(O)CN(C)C(=O)c1cc(N)cc(Br)c1. The Labute approximate surface area is 103 Å². The molecule has 5 heteroatoms. The topological polar surface area (TPSA) is 66.6 Å². The van der Waals surface area contributed by atoms with Crippen LogP contribution in [0.15, 0.2) is 22.7 Å². The first kappa shape index (κ1) is 13.0. The number of hydrogen-bond acceptors (Lipinski definition) is 3. The average Bonchev–Trinajstić information content (AvgIpc) is 2.13. The third-order valence-corrected chi connectivity index (χ3v) is 2.51. The van der Waals surface area contributed by atoms with Gasteiger partial charge in [-0.05, 0) is 25.1 Å². The molecule has 0 fully saturated rings. The molecule has 1 rings (SSSR count). The Morgan fingerprint density at radius 2 is 2.19 bits per heavy atom. The van der Waals surface area contributed by atoms with E-state index in [1.54, 1.807) is 32.2 Å². The van der Waals surface area contributed by atoms with E-state index in [4.69, 9.17) is 5.73 Å². The van der Waals surface area contributed by atoms with Crippen molar-refractivity contribution in [2.24, 2.45) is 0 Å². The maximum Gasteiger partial charge on any atom is 0.253 e. The molecule has 0 aliphatic heterocycles. The molecule has 0 heterocycles. The number of carbonyl (C=O) groups is 1. The summed E-state index contributed by atoms with van der Waals surface area (Å²) in [7, 11) is 1.64. The molecule has 1 amide bonds. The van der Waals surface area contributed by atoms with Gasteiger partial charge in [0.05, 0.1) is 6.10 Å². The zero-order valence-electron chi connectivity index (χ0n) is 9.27. The summed E-state index contributed by atoms with van der Waals surface area (Å²) in [5, 5.41) is 9.20. The number of hydrogen-bond donors (Lipinski definition) is 2. The molecule has 0 saturated heterocycles. The normalized spacial score (nSPS) is 12.2. The standard InChI is InChI=1S/C11H15BrN2O2/c1-7(15)6-14(2)11(16)8-3-9(12)5-10(13)4-8/h3-5,7,15H,6,13H2,1-2H3. The summed E-state index contributed by atoms with van der Waals surface area (Å²) in [5.74, 6) is -0.158. The van der Waals surface area contributed by atoms with Crippen molar-refractivity contribution in [2.75, 3.05) is 19.3 Å². The van der Waals surface area contributed by atoms with Crippen LogP contribution < -0.4 is 5.73 Å². The van der Waals surface area contributed by atoms with E-state index >= 15 is 0 Å².